The van der Waals surface area contributed by atoms with Crippen molar-refractivity contribution < 1.29 is 14.0 Å². The average Bonchev–Trinajstić information content (AvgIpc) is 3.08. The van der Waals surface area contributed by atoms with Gasteiger partial charge in [-0.25, -0.2) is 4.79 Å². The summed E-state index contributed by atoms with van der Waals surface area (Å²) in [5.74, 6) is 0.893. The number of carbonyl (C=O) groups excluding carboxylic acids is 2. The summed E-state index contributed by atoms with van der Waals surface area (Å²) >= 11 is 0. The van der Waals surface area contributed by atoms with Gasteiger partial charge in [0.15, 0.2) is 0 Å². The minimum atomic E-state index is -0.258. The number of nitrogens with one attached hydrogen (secondary N) is 2. The maximum absolute atomic E-state index is 12.1. The molecule has 1 aliphatic rings. The van der Waals surface area contributed by atoms with Gasteiger partial charge >= 0.3 is 6.03 Å². The number of rotatable bonds is 6. The van der Waals surface area contributed by atoms with Crippen molar-refractivity contribution in [2.75, 3.05) is 27.2 Å². The summed E-state index contributed by atoms with van der Waals surface area (Å²) in [5.41, 5.74) is 0. The lowest BCUT2D eigenvalue weighted by Crippen LogP contribution is -2.46. The quantitative estimate of drug-likeness (QED) is 0.825. The van der Waals surface area contributed by atoms with E-state index in [-0.39, 0.29) is 30.1 Å². The molecular formula is C16H26N4O3. The second kappa shape index (κ2) is 7.50. The monoisotopic (exact) mass is 322 g/mol. The molecule has 0 aliphatic carbocycles. The molecule has 1 aliphatic heterocycles. The normalized spacial score (nSPS) is 19.5. The van der Waals surface area contributed by atoms with Crippen LogP contribution < -0.4 is 10.6 Å². The first-order valence-electron chi connectivity index (χ1n) is 7.92. The summed E-state index contributed by atoms with van der Waals surface area (Å²) in [5, 5.41) is 5.73. The predicted octanol–water partition coefficient (Wildman–Crippen LogP) is 1.19. The van der Waals surface area contributed by atoms with Gasteiger partial charge in [-0.3, -0.25) is 9.69 Å². The van der Waals surface area contributed by atoms with Gasteiger partial charge in [0.2, 0.25) is 5.91 Å². The first-order valence-corrected chi connectivity index (χ1v) is 7.92. The molecule has 23 heavy (non-hydrogen) atoms. The van der Waals surface area contributed by atoms with Crippen molar-refractivity contribution >= 4 is 11.9 Å². The van der Waals surface area contributed by atoms with Crippen molar-refractivity contribution in [3.05, 3.63) is 24.2 Å². The molecule has 2 heterocycles. The van der Waals surface area contributed by atoms with Gasteiger partial charge in [-0.2, -0.15) is 0 Å². The van der Waals surface area contributed by atoms with Crippen LogP contribution in [0.4, 0.5) is 4.79 Å². The summed E-state index contributed by atoms with van der Waals surface area (Å²) in [6.45, 7) is 4.96. The van der Waals surface area contributed by atoms with E-state index in [9.17, 15) is 9.59 Å². The number of amides is 3. The molecule has 0 radical (unpaired) electrons. The molecule has 1 aromatic heterocycles. The Morgan fingerprint density at radius 2 is 2.22 bits per heavy atom. The molecule has 7 nitrogen and oxygen atoms in total. The number of hydrogen-bond acceptors (Lipinski definition) is 4. The van der Waals surface area contributed by atoms with Gasteiger partial charge in [0.1, 0.15) is 5.76 Å². The van der Waals surface area contributed by atoms with E-state index in [1.807, 2.05) is 45.0 Å². The van der Waals surface area contributed by atoms with Crippen molar-refractivity contribution in [3.63, 3.8) is 0 Å². The van der Waals surface area contributed by atoms with Crippen LogP contribution in [0.5, 0.6) is 0 Å². The fraction of sp³-hybridized carbons (Fsp3) is 0.625. The van der Waals surface area contributed by atoms with E-state index < -0.39 is 0 Å². The summed E-state index contributed by atoms with van der Waals surface area (Å²) in [7, 11) is 3.87. The highest BCUT2D eigenvalue weighted by molar-refractivity contribution is 5.81. The third-order valence-corrected chi connectivity index (χ3v) is 4.07. The van der Waals surface area contributed by atoms with Crippen molar-refractivity contribution in [1.82, 2.24) is 20.4 Å². The zero-order valence-electron chi connectivity index (χ0n) is 14.2. The van der Waals surface area contributed by atoms with Gasteiger partial charge in [-0.15, -0.1) is 0 Å². The van der Waals surface area contributed by atoms with Gasteiger partial charge in [0, 0.05) is 25.6 Å². The Bertz CT molecular complexity index is 527. The lowest BCUT2D eigenvalue weighted by atomic mass is 10.2. The molecule has 0 bridgehead atoms. The van der Waals surface area contributed by atoms with Crippen molar-refractivity contribution in [3.8, 4) is 0 Å². The Kier molecular flexibility index (Phi) is 5.65. The number of carbonyl (C=O) groups is 2. The van der Waals surface area contributed by atoms with E-state index in [1.54, 1.807) is 11.2 Å². The van der Waals surface area contributed by atoms with E-state index in [0.29, 0.717) is 19.5 Å². The molecule has 0 unspecified atom stereocenters. The van der Waals surface area contributed by atoms with E-state index in [0.717, 1.165) is 5.76 Å². The molecule has 2 N–H and O–H groups in total. The highest BCUT2D eigenvalue weighted by Crippen LogP contribution is 2.17. The highest BCUT2D eigenvalue weighted by Gasteiger charge is 2.32. The standard InChI is InChI=1S/C16H26N4O3/c1-11(2)20-10-12(8-15(20)21)18-16(22)17-9-13(19(3)4)14-6-5-7-23-14/h5-7,11-13H,8-10H2,1-4H3,(H2,17,18,22)/t12-,13+/m1/s1. The molecule has 1 aromatic rings. The second-order valence-corrected chi connectivity index (χ2v) is 6.39. The third kappa shape index (κ3) is 4.48. The first kappa shape index (κ1) is 17.3. The second-order valence-electron chi connectivity index (χ2n) is 6.39. The first-order chi connectivity index (χ1) is 10.9. The Hall–Kier alpha value is -2.02. The van der Waals surface area contributed by atoms with Gasteiger partial charge in [-0.05, 0) is 40.1 Å². The maximum atomic E-state index is 12.1. The van der Waals surface area contributed by atoms with Crippen molar-refractivity contribution in [2.24, 2.45) is 0 Å². The molecule has 1 saturated heterocycles. The van der Waals surface area contributed by atoms with Crippen LogP contribution >= 0.6 is 0 Å². The highest BCUT2D eigenvalue weighted by atomic mass is 16.3. The van der Waals surface area contributed by atoms with Crippen LogP contribution in [0.3, 0.4) is 0 Å². The SMILES string of the molecule is CC(C)N1C[C@H](NC(=O)NC[C@@H](c2ccco2)N(C)C)CC1=O. The number of furan rings is 1. The maximum Gasteiger partial charge on any atom is 0.315 e. The topological polar surface area (TPSA) is 77.8 Å². The molecule has 2 rings (SSSR count). The zero-order chi connectivity index (χ0) is 17.0. The van der Waals surface area contributed by atoms with E-state index in [2.05, 4.69) is 10.6 Å². The van der Waals surface area contributed by atoms with Crippen LogP contribution in [0.25, 0.3) is 0 Å². The molecule has 2 atom stereocenters. The molecule has 0 spiro atoms. The lowest BCUT2D eigenvalue weighted by molar-refractivity contribution is -0.129. The summed E-state index contributed by atoms with van der Waals surface area (Å²) in [6, 6.07) is 3.46. The Balaban J connectivity index is 1.82. The lowest BCUT2D eigenvalue weighted by Gasteiger charge is -2.23. The van der Waals surface area contributed by atoms with Crippen molar-refractivity contribution in [2.45, 2.75) is 38.4 Å². The molecule has 1 fully saturated rings. The summed E-state index contributed by atoms with van der Waals surface area (Å²) < 4.78 is 5.41. The van der Waals surface area contributed by atoms with Gasteiger partial charge in [0.05, 0.1) is 18.3 Å². The minimum Gasteiger partial charge on any atom is -0.468 e. The van der Waals surface area contributed by atoms with Crippen LogP contribution in [-0.4, -0.2) is 61.0 Å². The van der Waals surface area contributed by atoms with Crippen molar-refractivity contribution in [1.29, 1.82) is 0 Å². The molecule has 0 saturated carbocycles. The number of likely N-dealkylation sites (tertiary alicyclic amines) is 1. The molecule has 3 amide bonds. The number of likely N-dealkylation sites (N-methyl/N-ethyl adjacent to an activating group) is 1. The summed E-state index contributed by atoms with van der Waals surface area (Å²) in [4.78, 5) is 27.7. The zero-order valence-corrected chi connectivity index (χ0v) is 14.2. The Morgan fingerprint density at radius 1 is 1.48 bits per heavy atom. The smallest absolute Gasteiger partial charge is 0.315 e. The van der Waals surface area contributed by atoms with Crippen LogP contribution in [0, 0.1) is 0 Å². The molecular weight excluding hydrogens is 296 g/mol. The third-order valence-electron chi connectivity index (χ3n) is 4.07. The van der Waals surface area contributed by atoms with Crippen LogP contribution in [0.1, 0.15) is 32.1 Å². The largest absolute Gasteiger partial charge is 0.468 e. The molecule has 0 aromatic carbocycles. The van der Waals surface area contributed by atoms with E-state index in [1.165, 1.54) is 0 Å². The number of urea groups is 1. The fourth-order valence-electron chi connectivity index (χ4n) is 2.77. The number of hydrogen-bond donors (Lipinski definition) is 2. The minimum absolute atomic E-state index is 0.0341. The van der Waals surface area contributed by atoms with Crippen LogP contribution in [-0.2, 0) is 4.79 Å². The van der Waals surface area contributed by atoms with Crippen LogP contribution in [0.2, 0.25) is 0 Å². The molecule has 128 valence electrons. The predicted molar refractivity (Wildman–Crippen MR) is 86.9 cm³/mol. The van der Waals surface area contributed by atoms with E-state index in [4.69, 9.17) is 4.42 Å². The molecule has 7 heteroatoms. The van der Waals surface area contributed by atoms with Gasteiger partial charge in [-0.1, -0.05) is 0 Å². The van der Waals surface area contributed by atoms with Gasteiger partial charge in [0.25, 0.3) is 0 Å². The fourth-order valence-corrected chi connectivity index (χ4v) is 2.77. The Labute approximate surface area is 137 Å². The number of nitrogens with zero attached hydrogens (tertiary/aromatic N) is 2. The average molecular weight is 322 g/mol. The van der Waals surface area contributed by atoms with Crippen LogP contribution in [0.15, 0.2) is 22.8 Å². The van der Waals surface area contributed by atoms with E-state index >= 15 is 0 Å². The summed E-state index contributed by atoms with van der Waals surface area (Å²) in [6.07, 6.45) is 1.98. The van der Waals surface area contributed by atoms with Gasteiger partial charge < -0.3 is 20.0 Å². The Morgan fingerprint density at radius 3 is 2.74 bits per heavy atom.